The lowest BCUT2D eigenvalue weighted by Crippen LogP contribution is -2.15. The van der Waals surface area contributed by atoms with E-state index in [4.69, 9.17) is 4.74 Å². The van der Waals surface area contributed by atoms with E-state index in [1.54, 1.807) is 23.0 Å². The third-order valence-corrected chi connectivity index (χ3v) is 2.93. The molecule has 96 valence electrons. The van der Waals surface area contributed by atoms with E-state index in [0.29, 0.717) is 18.1 Å². The van der Waals surface area contributed by atoms with E-state index in [9.17, 15) is 4.79 Å². The summed E-state index contributed by atoms with van der Waals surface area (Å²) in [5.74, 6) is 0.0287. The minimum absolute atomic E-state index is 0.411. The summed E-state index contributed by atoms with van der Waals surface area (Å²) in [5.41, 5.74) is 1.38. The van der Waals surface area contributed by atoms with Crippen LogP contribution in [0.3, 0.4) is 0 Å². The van der Waals surface area contributed by atoms with Crippen LogP contribution in [0.1, 0.15) is 17.4 Å². The van der Waals surface area contributed by atoms with Gasteiger partial charge in [-0.3, -0.25) is 4.68 Å². The number of para-hydroxylation sites is 1. The molecule has 0 aliphatic rings. The normalized spacial score (nSPS) is 10.8. The third-order valence-electron chi connectivity index (χ3n) is 2.93. The Balaban J connectivity index is 1.86. The zero-order valence-electron chi connectivity index (χ0n) is 10.5. The van der Waals surface area contributed by atoms with Gasteiger partial charge < -0.3 is 9.72 Å². The van der Waals surface area contributed by atoms with Crippen molar-refractivity contribution < 1.29 is 9.53 Å². The van der Waals surface area contributed by atoms with E-state index in [-0.39, 0.29) is 0 Å². The van der Waals surface area contributed by atoms with Gasteiger partial charge in [0.25, 0.3) is 0 Å². The predicted octanol–water partition coefficient (Wildman–Crippen LogP) is 2.60. The second-order valence-electron chi connectivity index (χ2n) is 4.14. The first-order chi connectivity index (χ1) is 9.28. The van der Waals surface area contributed by atoms with Crippen LogP contribution in [-0.2, 0) is 6.54 Å². The minimum Gasteiger partial charge on any atom is -0.405 e. The number of hydrogen-bond acceptors (Lipinski definition) is 3. The molecule has 0 spiro atoms. The zero-order chi connectivity index (χ0) is 13.2. The Morgan fingerprint density at radius 3 is 3.00 bits per heavy atom. The van der Waals surface area contributed by atoms with Crippen molar-refractivity contribution in [1.29, 1.82) is 0 Å². The van der Waals surface area contributed by atoms with Gasteiger partial charge in [-0.2, -0.15) is 5.10 Å². The second-order valence-corrected chi connectivity index (χ2v) is 4.14. The molecule has 0 unspecified atom stereocenters. The molecule has 0 amide bonds. The van der Waals surface area contributed by atoms with E-state index < -0.39 is 5.97 Å². The largest absolute Gasteiger partial charge is 0.405 e. The van der Waals surface area contributed by atoms with E-state index in [2.05, 4.69) is 10.1 Å². The highest BCUT2D eigenvalue weighted by molar-refractivity contribution is 5.90. The predicted molar refractivity (Wildman–Crippen MR) is 71.2 cm³/mol. The quantitative estimate of drug-likeness (QED) is 0.732. The van der Waals surface area contributed by atoms with Crippen LogP contribution in [0.2, 0.25) is 0 Å². The number of carbonyl (C=O) groups is 1. The fourth-order valence-corrected chi connectivity index (χ4v) is 2.01. The number of H-pyrrole nitrogens is 1. The van der Waals surface area contributed by atoms with Crippen molar-refractivity contribution in [1.82, 2.24) is 14.8 Å². The molecule has 2 aromatic heterocycles. The van der Waals surface area contributed by atoms with Crippen molar-refractivity contribution >= 4 is 16.9 Å². The Bertz CT molecular complexity index is 694. The minimum atomic E-state index is -0.411. The number of nitrogens with one attached hydrogen (secondary N) is 1. The molecule has 5 nitrogen and oxygen atoms in total. The molecule has 0 saturated heterocycles. The van der Waals surface area contributed by atoms with Gasteiger partial charge in [-0.05, 0) is 19.1 Å². The highest BCUT2D eigenvalue weighted by Gasteiger charge is 2.14. The molecule has 0 aliphatic heterocycles. The summed E-state index contributed by atoms with van der Waals surface area (Å²) in [6.45, 7) is 2.55. The van der Waals surface area contributed by atoms with Crippen molar-refractivity contribution in [2.45, 2.75) is 13.5 Å². The van der Waals surface area contributed by atoms with Crippen LogP contribution >= 0.6 is 0 Å². The number of fused-ring (bicyclic) bond motifs is 1. The maximum atomic E-state index is 12.0. The fraction of sp³-hybridized carbons (Fsp3) is 0.143. The average Bonchev–Trinajstić information content (AvgIpc) is 3.03. The molecule has 1 aromatic carbocycles. The van der Waals surface area contributed by atoms with Gasteiger partial charge in [-0.25, -0.2) is 4.79 Å². The van der Waals surface area contributed by atoms with Crippen LogP contribution < -0.4 is 4.74 Å². The fourth-order valence-electron chi connectivity index (χ4n) is 2.01. The molecule has 3 rings (SSSR count). The smallest absolute Gasteiger partial charge is 0.363 e. The molecular formula is C14H13N3O2. The summed E-state index contributed by atoms with van der Waals surface area (Å²) >= 11 is 0. The molecule has 1 N–H and O–H groups in total. The van der Waals surface area contributed by atoms with Gasteiger partial charge >= 0.3 is 5.97 Å². The number of nitrogens with zero attached hydrogens (tertiary/aromatic N) is 2. The van der Waals surface area contributed by atoms with Gasteiger partial charge in [0.1, 0.15) is 5.69 Å². The average molecular weight is 255 g/mol. The summed E-state index contributed by atoms with van der Waals surface area (Å²) < 4.78 is 6.93. The van der Waals surface area contributed by atoms with Crippen LogP contribution in [0.5, 0.6) is 5.88 Å². The van der Waals surface area contributed by atoms with Crippen molar-refractivity contribution in [2.75, 3.05) is 0 Å². The lowest BCUT2D eigenvalue weighted by atomic mass is 10.3. The molecule has 5 heteroatoms. The van der Waals surface area contributed by atoms with Crippen molar-refractivity contribution in [2.24, 2.45) is 0 Å². The van der Waals surface area contributed by atoms with E-state index in [1.807, 2.05) is 31.2 Å². The third kappa shape index (κ3) is 2.10. The number of ether oxygens (including phenoxy) is 1. The number of aromatic amines is 1. The van der Waals surface area contributed by atoms with Gasteiger partial charge in [0.2, 0.25) is 5.88 Å². The van der Waals surface area contributed by atoms with Gasteiger partial charge in [-0.1, -0.05) is 18.2 Å². The summed E-state index contributed by atoms with van der Waals surface area (Å²) in [6, 6.07) is 11.2. The molecule has 0 aliphatic carbocycles. The van der Waals surface area contributed by atoms with Crippen LogP contribution in [0.4, 0.5) is 0 Å². The Labute approximate surface area is 109 Å². The first-order valence-electron chi connectivity index (χ1n) is 6.09. The van der Waals surface area contributed by atoms with Crippen LogP contribution in [-0.4, -0.2) is 20.7 Å². The van der Waals surface area contributed by atoms with E-state index in [1.165, 1.54) is 0 Å². The van der Waals surface area contributed by atoms with Crippen molar-refractivity contribution in [3.63, 3.8) is 0 Å². The number of aryl methyl sites for hydroxylation is 1. The summed E-state index contributed by atoms with van der Waals surface area (Å²) in [7, 11) is 0. The van der Waals surface area contributed by atoms with Crippen LogP contribution in [0.25, 0.3) is 10.9 Å². The molecule has 0 atom stereocenters. The van der Waals surface area contributed by atoms with Gasteiger partial charge in [0.15, 0.2) is 0 Å². The van der Waals surface area contributed by atoms with Gasteiger partial charge in [0, 0.05) is 29.7 Å². The van der Waals surface area contributed by atoms with E-state index in [0.717, 1.165) is 10.9 Å². The molecule has 0 saturated carbocycles. The topological polar surface area (TPSA) is 59.9 Å². The molecular weight excluding hydrogens is 242 g/mol. The SMILES string of the molecule is CCn1nccc1C(=O)Oc1cc2ccccc2[nH]1. The van der Waals surface area contributed by atoms with Crippen LogP contribution in [0, 0.1) is 0 Å². The van der Waals surface area contributed by atoms with E-state index >= 15 is 0 Å². The monoisotopic (exact) mass is 255 g/mol. The Kier molecular flexibility index (Phi) is 2.79. The molecule has 3 aromatic rings. The number of esters is 1. The molecule has 0 bridgehead atoms. The molecule has 0 radical (unpaired) electrons. The Hall–Kier alpha value is -2.56. The standard InChI is InChI=1S/C14H13N3O2/c1-2-17-12(7-8-15-17)14(18)19-13-9-10-5-3-4-6-11(10)16-13/h3-9,16H,2H2,1H3. The summed E-state index contributed by atoms with van der Waals surface area (Å²) in [4.78, 5) is 15.1. The number of benzene rings is 1. The highest BCUT2D eigenvalue weighted by Crippen LogP contribution is 2.20. The Morgan fingerprint density at radius 2 is 2.21 bits per heavy atom. The number of hydrogen-bond donors (Lipinski definition) is 1. The van der Waals surface area contributed by atoms with Gasteiger partial charge in [-0.15, -0.1) is 0 Å². The molecule has 19 heavy (non-hydrogen) atoms. The zero-order valence-corrected chi connectivity index (χ0v) is 10.5. The lowest BCUT2D eigenvalue weighted by molar-refractivity contribution is 0.0716. The van der Waals surface area contributed by atoms with Gasteiger partial charge in [0.05, 0.1) is 0 Å². The van der Waals surface area contributed by atoms with Crippen LogP contribution in [0.15, 0.2) is 42.6 Å². The first-order valence-corrected chi connectivity index (χ1v) is 6.09. The Morgan fingerprint density at radius 1 is 1.37 bits per heavy atom. The molecule has 2 heterocycles. The number of carbonyl (C=O) groups excluding carboxylic acids is 1. The second kappa shape index (κ2) is 4.61. The maximum Gasteiger partial charge on any atom is 0.363 e. The van der Waals surface area contributed by atoms with Crippen molar-refractivity contribution in [3.8, 4) is 5.88 Å². The summed E-state index contributed by atoms with van der Waals surface area (Å²) in [5, 5.41) is 5.05. The summed E-state index contributed by atoms with van der Waals surface area (Å²) in [6.07, 6.45) is 1.59. The highest BCUT2D eigenvalue weighted by atomic mass is 16.5. The lowest BCUT2D eigenvalue weighted by Gasteiger charge is -2.03. The number of aromatic nitrogens is 3. The number of rotatable bonds is 3. The first kappa shape index (κ1) is 11.5. The molecule has 0 fully saturated rings. The van der Waals surface area contributed by atoms with Crippen molar-refractivity contribution in [3.05, 3.63) is 48.3 Å². The maximum absolute atomic E-state index is 12.0.